The van der Waals surface area contributed by atoms with Crippen LogP contribution in [0, 0.1) is 13.8 Å². The number of hydrogen-bond acceptors (Lipinski definition) is 6. The highest BCUT2D eigenvalue weighted by atomic mass is 32.2. The molecule has 2 aromatic rings. The average molecular weight is 422 g/mol. The minimum absolute atomic E-state index is 0.00830. The molecule has 1 aromatic heterocycles. The van der Waals surface area contributed by atoms with Gasteiger partial charge in [0, 0.05) is 23.5 Å². The van der Waals surface area contributed by atoms with E-state index in [1.54, 1.807) is 6.26 Å². The van der Waals surface area contributed by atoms with Crippen LogP contribution in [0.15, 0.2) is 22.8 Å². The van der Waals surface area contributed by atoms with Crippen molar-refractivity contribution < 1.29 is 27.2 Å². The van der Waals surface area contributed by atoms with Gasteiger partial charge in [-0.3, -0.25) is 9.59 Å². The summed E-state index contributed by atoms with van der Waals surface area (Å²) in [5.74, 6) is -0.801. The first-order chi connectivity index (χ1) is 13.7. The van der Waals surface area contributed by atoms with Crippen molar-refractivity contribution in [2.45, 2.75) is 46.1 Å². The Morgan fingerprint density at radius 3 is 2.62 bits per heavy atom. The Hall–Kier alpha value is -2.35. The maximum Gasteiger partial charge on any atom is 0.310 e. The number of benzene rings is 1. The van der Waals surface area contributed by atoms with Gasteiger partial charge in [-0.15, -0.1) is 0 Å². The van der Waals surface area contributed by atoms with Crippen molar-refractivity contribution in [3.63, 3.8) is 0 Å². The van der Waals surface area contributed by atoms with E-state index in [1.165, 1.54) is 4.90 Å². The number of amides is 1. The second-order valence-electron chi connectivity index (χ2n) is 7.68. The number of nitrogens with zero attached hydrogens (tertiary/aromatic N) is 1. The zero-order valence-electron chi connectivity index (χ0n) is 17.1. The van der Waals surface area contributed by atoms with E-state index in [2.05, 4.69) is 0 Å². The number of ether oxygens (including phenoxy) is 1. The molecule has 1 saturated heterocycles. The molecule has 0 unspecified atom stereocenters. The molecule has 0 N–H and O–H groups in total. The van der Waals surface area contributed by atoms with Gasteiger partial charge in [0.1, 0.15) is 5.58 Å². The van der Waals surface area contributed by atoms with E-state index in [0.717, 1.165) is 16.5 Å². The van der Waals surface area contributed by atoms with Crippen molar-refractivity contribution in [3.05, 3.63) is 35.1 Å². The molecule has 0 saturated carbocycles. The standard InChI is InChI=1S/C21H27NO6S/c1-4-6-22(17-5-7-29(25,26)13-17)20(23)12-28-21(24)10-16-11-27-19-9-15(3)14(2)8-18(16)19/h8-9,11,17H,4-7,10,12-13H2,1-3H3/t17-/m0/s1. The first kappa shape index (κ1) is 21.4. The quantitative estimate of drug-likeness (QED) is 0.638. The van der Waals surface area contributed by atoms with Gasteiger partial charge in [0.15, 0.2) is 16.4 Å². The summed E-state index contributed by atoms with van der Waals surface area (Å²) < 4.78 is 34.2. The molecule has 7 nitrogen and oxygen atoms in total. The molecule has 29 heavy (non-hydrogen) atoms. The largest absolute Gasteiger partial charge is 0.464 e. The van der Waals surface area contributed by atoms with Gasteiger partial charge in [0.05, 0.1) is 24.2 Å². The number of carbonyl (C=O) groups is 2. The maximum atomic E-state index is 12.6. The van der Waals surface area contributed by atoms with E-state index < -0.39 is 15.8 Å². The van der Waals surface area contributed by atoms with Gasteiger partial charge in [-0.05, 0) is 49.9 Å². The Morgan fingerprint density at radius 2 is 1.97 bits per heavy atom. The van der Waals surface area contributed by atoms with Gasteiger partial charge < -0.3 is 14.1 Å². The van der Waals surface area contributed by atoms with E-state index in [1.807, 2.05) is 32.9 Å². The summed E-state index contributed by atoms with van der Waals surface area (Å²) in [6, 6.07) is 3.57. The lowest BCUT2D eigenvalue weighted by Crippen LogP contribution is -2.43. The van der Waals surface area contributed by atoms with Crippen molar-refractivity contribution in [1.29, 1.82) is 0 Å². The zero-order valence-corrected chi connectivity index (χ0v) is 17.9. The van der Waals surface area contributed by atoms with Gasteiger partial charge >= 0.3 is 5.97 Å². The van der Waals surface area contributed by atoms with Gasteiger partial charge in [-0.1, -0.05) is 6.92 Å². The fourth-order valence-corrected chi connectivity index (χ4v) is 5.41. The van der Waals surface area contributed by atoms with Crippen LogP contribution in [0.3, 0.4) is 0 Å². The van der Waals surface area contributed by atoms with Crippen molar-refractivity contribution in [2.24, 2.45) is 0 Å². The number of sulfone groups is 1. The number of furan rings is 1. The topological polar surface area (TPSA) is 93.9 Å². The first-order valence-corrected chi connectivity index (χ1v) is 11.6. The lowest BCUT2D eigenvalue weighted by Gasteiger charge is -2.27. The first-order valence-electron chi connectivity index (χ1n) is 9.83. The van der Waals surface area contributed by atoms with Crippen LogP contribution in [0.5, 0.6) is 0 Å². The maximum absolute atomic E-state index is 12.6. The number of carbonyl (C=O) groups excluding carboxylic acids is 2. The van der Waals surface area contributed by atoms with Crippen LogP contribution in [-0.4, -0.2) is 55.9 Å². The van der Waals surface area contributed by atoms with Crippen LogP contribution in [0.2, 0.25) is 0 Å². The molecule has 1 atom stereocenters. The lowest BCUT2D eigenvalue weighted by molar-refractivity contribution is -0.152. The highest BCUT2D eigenvalue weighted by molar-refractivity contribution is 7.91. The molecule has 0 aliphatic carbocycles. The summed E-state index contributed by atoms with van der Waals surface area (Å²) in [5, 5.41) is 0.861. The molecule has 0 radical (unpaired) electrons. The van der Waals surface area contributed by atoms with Gasteiger partial charge in [-0.2, -0.15) is 0 Å². The van der Waals surface area contributed by atoms with E-state index in [9.17, 15) is 18.0 Å². The molecule has 8 heteroatoms. The fraction of sp³-hybridized carbons (Fsp3) is 0.524. The van der Waals surface area contributed by atoms with Crippen molar-refractivity contribution in [2.75, 3.05) is 24.7 Å². The average Bonchev–Trinajstić information content (AvgIpc) is 3.21. The molecular weight excluding hydrogens is 394 g/mol. The third kappa shape index (κ3) is 4.98. The predicted molar refractivity (Wildman–Crippen MR) is 109 cm³/mol. The second kappa shape index (κ2) is 8.57. The summed E-state index contributed by atoms with van der Waals surface area (Å²) in [6.45, 7) is 5.97. The molecule has 0 bridgehead atoms. The van der Waals surface area contributed by atoms with E-state index >= 15 is 0 Å². The number of aryl methyl sites for hydroxylation is 2. The minimum Gasteiger partial charge on any atom is -0.464 e. The lowest BCUT2D eigenvalue weighted by atomic mass is 10.0. The van der Waals surface area contributed by atoms with Crippen LogP contribution in [-0.2, 0) is 30.6 Å². The molecule has 1 amide bonds. The summed E-state index contributed by atoms with van der Waals surface area (Å²) in [7, 11) is -3.10. The highest BCUT2D eigenvalue weighted by Crippen LogP contribution is 2.25. The van der Waals surface area contributed by atoms with Crippen molar-refractivity contribution in [3.8, 4) is 0 Å². The van der Waals surface area contributed by atoms with Crippen LogP contribution < -0.4 is 0 Å². The monoisotopic (exact) mass is 421 g/mol. The molecule has 1 aliphatic heterocycles. The molecule has 1 aliphatic rings. The third-order valence-corrected chi connectivity index (χ3v) is 7.15. The third-order valence-electron chi connectivity index (χ3n) is 5.40. The Balaban J connectivity index is 1.61. The van der Waals surface area contributed by atoms with Gasteiger partial charge in [-0.25, -0.2) is 8.42 Å². The molecule has 3 rings (SSSR count). The van der Waals surface area contributed by atoms with Crippen molar-refractivity contribution in [1.82, 2.24) is 4.90 Å². The normalized spacial score (nSPS) is 18.1. The molecule has 2 heterocycles. The van der Waals surface area contributed by atoms with Crippen LogP contribution in [0.1, 0.15) is 36.5 Å². The van der Waals surface area contributed by atoms with Gasteiger partial charge in [0.25, 0.3) is 5.91 Å². The SMILES string of the molecule is CCCN(C(=O)COC(=O)Cc1coc2cc(C)c(C)cc12)[C@H]1CCS(=O)(=O)C1. The molecule has 0 spiro atoms. The molecular formula is C21H27NO6S. The molecule has 158 valence electrons. The fourth-order valence-electron chi connectivity index (χ4n) is 3.68. The minimum atomic E-state index is -3.10. The Bertz CT molecular complexity index is 1020. The summed E-state index contributed by atoms with van der Waals surface area (Å²) in [4.78, 5) is 26.4. The zero-order chi connectivity index (χ0) is 21.2. The number of rotatable bonds is 7. The number of esters is 1. The Kier molecular flexibility index (Phi) is 6.31. The van der Waals surface area contributed by atoms with Crippen LogP contribution in [0.25, 0.3) is 11.0 Å². The Morgan fingerprint density at radius 1 is 1.24 bits per heavy atom. The summed E-state index contributed by atoms with van der Waals surface area (Å²) in [5.41, 5.74) is 3.64. The van der Waals surface area contributed by atoms with E-state index in [-0.39, 0.29) is 36.5 Å². The van der Waals surface area contributed by atoms with Gasteiger partial charge in [0.2, 0.25) is 0 Å². The molecule has 1 aromatic carbocycles. The van der Waals surface area contributed by atoms with Crippen molar-refractivity contribution >= 4 is 32.7 Å². The van der Waals surface area contributed by atoms with Crippen LogP contribution >= 0.6 is 0 Å². The second-order valence-corrected chi connectivity index (χ2v) is 9.90. The summed E-state index contributed by atoms with van der Waals surface area (Å²) in [6.07, 6.45) is 2.69. The van der Waals surface area contributed by atoms with E-state index in [0.29, 0.717) is 30.5 Å². The van der Waals surface area contributed by atoms with E-state index in [4.69, 9.17) is 9.15 Å². The predicted octanol–water partition coefficient (Wildman–Crippen LogP) is 2.56. The summed E-state index contributed by atoms with van der Waals surface area (Å²) >= 11 is 0. The Labute approximate surface area is 170 Å². The highest BCUT2D eigenvalue weighted by Gasteiger charge is 2.34. The number of fused-ring (bicyclic) bond motifs is 1. The number of hydrogen-bond donors (Lipinski definition) is 0. The van der Waals surface area contributed by atoms with Crippen LogP contribution in [0.4, 0.5) is 0 Å². The molecule has 1 fully saturated rings. The smallest absolute Gasteiger partial charge is 0.310 e.